The van der Waals surface area contributed by atoms with Crippen LogP contribution < -0.4 is 17.0 Å². The van der Waals surface area contributed by atoms with E-state index in [1.54, 1.807) is 11.7 Å². The lowest BCUT2D eigenvalue weighted by Gasteiger charge is -2.09. The monoisotopic (exact) mass is 297 g/mol. The first-order valence-corrected chi connectivity index (χ1v) is 6.51. The van der Waals surface area contributed by atoms with E-state index in [1.165, 1.54) is 16.8 Å². The highest BCUT2D eigenvalue weighted by Crippen LogP contribution is 2.18. The van der Waals surface area contributed by atoms with Crippen LogP contribution in [0.1, 0.15) is 11.3 Å². The molecule has 2 aromatic rings. The van der Waals surface area contributed by atoms with Gasteiger partial charge in [-0.1, -0.05) is 11.6 Å². The number of rotatable bonds is 4. The molecule has 108 valence electrons. The minimum absolute atomic E-state index is 0.193. The maximum atomic E-state index is 12.2. The van der Waals surface area contributed by atoms with Crippen LogP contribution in [-0.2, 0) is 20.1 Å². The molecule has 0 bridgehead atoms. The van der Waals surface area contributed by atoms with Crippen LogP contribution in [0.5, 0.6) is 0 Å². The van der Waals surface area contributed by atoms with Crippen molar-refractivity contribution < 1.29 is 0 Å². The lowest BCUT2D eigenvalue weighted by molar-refractivity contribution is 0.579. The summed E-state index contributed by atoms with van der Waals surface area (Å²) >= 11 is 6.15. The molecule has 2 rings (SSSR count). The Morgan fingerprint density at radius 2 is 2.10 bits per heavy atom. The van der Waals surface area contributed by atoms with Crippen LogP contribution in [0.15, 0.2) is 21.9 Å². The van der Waals surface area contributed by atoms with E-state index in [0.717, 1.165) is 15.8 Å². The van der Waals surface area contributed by atoms with Crippen molar-refractivity contribution in [1.29, 1.82) is 0 Å². The van der Waals surface area contributed by atoms with Crippen molar-refractivity contribution in [2.45, 2.75) is 20.0 Å². The third kappa shape index (κ3) is 2.54. The number of aryl methyl sites for hydroxylation is 2. The fourth-order valence-corrected chi connectivity index (χ4v) is 2.27. The Balaban J connectivity index is 2.47. The molecule has 0 aliphatic rings. The largest absolute Gasteiger partial charge is 0.331 e. The van der Waals surface area contributed by atoms with Crippen LogP contribution in [0.2, 0.25) is 5.15 Å². The fraction of sp³-hybridized carbons (Fsp3) is 0.417. The molecule has 2 heterocycles. The van der Waals surface area contributed by atoms with Crippen molar-refractivity contribution in [3.8, 4) is 0 Å². The first-order valence-electron chi connectivity index (χ1n) is 6.14. The summed E-state index contributed by atoms with van der Waals surface area (Å²) in [6, 6.07) is 1.34. The van der Waals surface area contributed by atoms with Crippen LogP contribution in [0.25, 0.3) is 0 Å². The van der Waals surface area contributed by atoms with Gasteiger partial charge in [0.2, 0.25) is 0 Å². The normalized spacial score (nSPS) is 11.0. The molecule has 0 amide bonds. The Hall–Kier alpha value is -1.86. The molecule has 0 radical (unpaired) electrons. The molecule has 8 heteroatoms. The molecular weight excluding hydrogens is 282 g/mol. The summed E-state index contributed by atoms with van der Waals surface area (Å²) in [5.74, 6) is 0. The van der Waals surface area contributed by atoms with Gasteiger partial charge in [-0.25, -0.2) is 4.79 Å². The molecule has 2 aromatic heterocycles. The highest BCUT2D eigenvalue weighted by atomic mass is 35.5. The Morgan fingerprint density at radius 3 is 2.65 bits per heavy atom. The van der Waals surface area contributed by atoms with Crippen molar-refractivity contribution in [1.82, 2.24) is 18.9 Å². The van der Waals surface area contributed by atoms with Gasteiger partial charge in [0.1, 0.15) is 5.15 Å². The Morgan fingerprint density at radius 1 is 1.40 bits per heavy atom. The van der Waals surface area contributed by atoms with Crippen molar-refractivity contribution in [2.24, 2.45) is 12.8 Å². The molecular formula is C12H16ClN5O2. The smallest absolute Gasteiger partial charge is 0.329 e. The van der Waals surface area contributed by atoms with Crippen molar-refractivity contribution in [3.63, 3.8) is 0 Å². The van der Waals surface area contributed by atoms with Crippen LogP contribution in [0, 0.1) is 6.92 Å². The zero-order valence-electron chi connectivity index (χ0n) is 11.3. The lowest BCUT2D eigenvalue weighted by Crippen LogP contribution is -2.40. The van der Waals surface area contributed by atoms with Gasteiger partial charge >= 0.3 is 5.69 Å². The minimum Gasteiger partial charge on any atom is -0.329 e. The van der Waals surface area contributed by atoms with Gasteiger partial charge in [0.05, 0.1) is 12.2 Å². The van der Waals surface area contributed by atoms with E-state index in [2.05, 4.69) is 5.10 Å². The second kappa shape index (κ2) is 5.64. The van der Waals surface area contributed by atoms with E-state index >= 15 is 0 Å². The first kappa shape index (κ1) is 14.5. The third-order valence-electron chi connectivity index (χ3n) is 3.09. The van der Waals surface area contributed by atoms with Gasteiger partial charge < -0.3 is 5.73 Å². The fourth-order valence-electron chi connectivity index (χ4n) is 2.04. The van der Waals surface area contributed by atoms with Crippen molar-refractivity contribution >= 4 is 11.6 Å². The first-order chi connectivity index (χ1) is 9.45. The molecule has 2 N–H and O–H groups in total. The number of hydrogen-bond donors (Lipinski definition) is 1. The lowest BCUT2D eigenvalue weighted by atomic mass is 10.2. The van der Waals surface area contributed by atoms with Crippen LogP contribution in [0.3, 0.4) is 0 Å². The average molecular weight is 298 g/mol. The van der Waals surface area contributed by atoms with Crippen molar-refractivity contribution in [3.05, 3.63) is 49.5 Å². The molecule has 0 aliphatic carbocycles. The minimum atomic E-state index is -0.401. The summed E-state index contributed by atoms with van der Waals surface area (Å²) in [4.78, 5) is 23.8. The number of nitrogens with zero attached hydrogens (tertiary/aromatic N) is 4. The second-order valence-corrected chi connectivity index (χ2v) is 4.84. The zero-order chi connectivity index (χ0) is 14.9. The molecule has 0 saturated heterocycles. The molecule has 0 aliphatic heterocycles. The standard InChI is InChI=1S/C12H16ClN5O2/c1-8-9(11(13)16(2)15-8)7-17-5-3-10(19)18(6-4-14)12(17)20/h3,5H,4,6-7,14H2,1-2H3. The van der Waals surface area contributed by atoms with E-state index < -0.39 is 5.69 Å². The SMILES string of the molecule is Cc1nn(C)c(Cl)c1Cn1ccc(=O)n(CCN)c1=O. The summed E-state index contributed by atoms with van der Waals surface area (Å²) < 4.78 is 4.08. The molecule has 0 unspecified atom stereocenters. The highest BCUT2D eigenvalue weighted by molar-refractivity contribution is 6.30. The van der Waals surface area contributed by atoms with Gasteiger partial charge in [-0.2, -0.15) is 5.10 Å². The maximum Gasteiger partial charge on any atom is 0.331 e. The second-order valence-electron chi connectivity index (χ2n) is 4.48. The number of aromatic nitrogens is 4. The molecule has 0 spiro atoms. The summed E-state index contributed by atoms with van der Waals surface area (Å²) in [6.07, 6.45) is 1.46. The topological polar surface area (TPSA) is 87.8 Å². The summed E-state index contributed by atoms with van der Waals surface area (Å²) in [6.45, 7) is 2.51. The number of halogens is 1. The molecule has 7 nitrogen and oxygen atoms in total. The van der Waals surface area contributed by atoms with E-state index in [-0.39, 0.29) is 25.2 Å². The van der Waals surface area contributed by atoms with Crippen molar-refractivity contribution in [2.75, 3.05) is 6.54 Å². The van der Waals surface area contributed by atoms with Crippen LogP contribution in [0.4, 0.5) is 0 Å². The Kier molecular flexibility index (Phi) is 4.10. The average Bonchev–Trinajstić information content (AvgIpc) is 2.64. The maximum absolute atomic E-state index is 12.2. The predicted octanol–water partition coefficient (Wildman–Crippen LogP) is -0.288. The molecule has 0 aromatic carbocycles. The highest BCUT2D eigenvalue weighted by Gasteiger charge is 2.13. The van der Waals surface area contributed by atoms with Gasteiger partial charge in [0.25, 0.3) is 5.56 Å². The van der Waals surface area contributed by atoms with Gasteiger partial charge in [0, 0.05) is 38.0 Å². The van der Waals surface area contributed by atoms with Crippen LogP contribution in [-0.4, -0.2) is 25.5 Å². The van der Waals surface area contributed by atoms with E-state index in [9.17, 15) is 9.59 Å². The molecule has 0 fully saturated rings. The van der Waals surface area contributed by atoms with Gasteiger partial charge in [-0.3, -0.25) is 18.6 Å². The van der Waals surface area contributed by atoms with Gasteiger partial charge in [0.15, 0.2) is 0 Å². The molecule has 0 saturated carbocycles. The molecule has 0 atom stereocenters. The zero-order valence-corrected chi connectivity index (χ0v) is 12.1. The van der Waals surface area contributed by atoms with E-state index in [0.29, 0.717) is 5.15 Å². The molecule has 20 heavy (non-hydrogen) atoms. The number of nitrogens with two attached hydrogens (primary N) is 1. The quantitative estimate of drug-likeness (QED) is 0.840. The van der Waals surface area contributed by atoms with E-state index in [4.69, 9.17) is 17.3 Å². The summed E-state index contributed by atoms with van der Waals surface area (Å²) in [7, 11) is 1.73. The third-order valence-corrected chi connectivity index (χ3v) is 3.56. The summed E-state index contributed by atoms with van der Waals surface area (Å²) in [5, 5.41) is 4.67. The van der Waals surface area contributed by atoms with Gasteiger partial charge in [-0.15, -0.1) is 0 Å². The van der Waals surface area contributed by atoms with Crippen LogP contribution >= 0.6 is 11.6 Å². The summed E-state index contributed by atoms with van der Waals surface area (Å²) in [5.41, 5.74) is 6.16. The van der Waals surface area contributed by atoms with E-state index in [1.807, 2.05) is 6.92 Å². The van der Waals surface area contributed by atoms with Gasteiger partial charge in [-0.05, 0) is 6.92 Å². The Labute approximate surface area is 120 Å². The Bertz CT molecular complexity index is 743. The number of hydrogen-bond acceptors (Lipinski definition) is 4. The predicted molar refractivity (Wildman–Crippen MR) is 76.1 cm³/mol.